The molecule has 0 saturated heterocycles. The van der Waals surface area contributed by atoms with Crippen molar-refractivity contribution < 1.29 is 14.7 Å². The third-order valence-electron chi connectivity index (χ3n) is 3.47. The van der Waals surface area contributed by atoms with Gasteiger partial charge in [-0.1, -0.05) is 18.2 Å². The molecule has 1 N–H and O–H groups in total. The van der Waals surface area contributed by atoms with Gasteiger partial charge in [-0.15, -0.1) is 0 Å². The summed E-state index contributed by atoms with van der Waals surface area (Å²) in [6.45, 7) is 0. The molecule has 3 rings (SSSR count). The average Bonchev–Trinajstić information content (AvgIpc) is 2.86. The van der Waals surface area contributed by atoms with Crippen LogP contribution in [0.25, 0.3) is 0 Å². The largest absolute Gasteiger partial charge is 0.480 e. The van der Waals surface area contributed by atoms with Crippen LogP contribution in [-0.4, -0.2) is 28.0 Å². The Balaban J connectivity index is 2.08. The molecule has 1 aliphatic heterocycles. The topological polar surface area (TPSA) is 70.5 Å². The molecular weight excluding hydrogens is 336 g/mol. The van der Waals surface area contributed by atoms with Crippen molar-refractivity contribution in [3.8, 4) is 0 Å². The van der Waals surface area contributed by atoms with Gasteiger partial charge in [0.25, 0.3) is 5.91 Å². The number of nitrogens with zero attached hydrogens (tertiary/aromatic N) is 2. The number of aliphatic carboxylic acids is 1. The van der Waals surface area contributed by atoms with Gasteiger partial charge in [-0.25, -0.2) is 9.78 Å². The third kappa shape index (κ3) is 2.31. The van der Waals surface area contributed by atoms with Crippen LogP contribution in [0.15, 0.2) is 47.2 Å². The van der Waals surface area contributed by atoms with Crippen molar-refractivity contribution in [1.82, 2.24) is 4.98 Å². The van der Waals surface area contributed by atoms with Gasteiger partial charge in [-0.05, 0) is 39.7 Å². The zero-order valence-electron chi connectivity index (χ0n) is 10.9. The molecule has 0 saturated carbocycles. The van der Waals surface area contributed by atoms with Gasteiger partial charge < -0.3 is 5.11 Å². The lowest BCUT2D eigenvalue weighted by molar-refractivity contribution is -0.138. The fraction of sp³-hybridized carbons (Fsp3) is 0.133. The average molecular weight is 347 g/mol. The van der Waals surface area contributed by atoms with Crippen LogP contribution in [0.1, 0.15) is 15.9 Å². The molecule has 2 heterocycles. The van der Waals surface area contributed by atoms with E-state index >= 15 is 0 Å². The molecule has 5 nitrogen and oxygen atoms in total. The number of hydrogen-bond acceptors (Lipinski definition) is 3. The number of aromatic nitrogens is 1. The monoisotopic (exact) mass is 346 g/mol. The quantitative estimate of drug-likeness (QED) is 0.848. The van der Waals surface area contributed by atoms with E-state index in [4.69, 9.17) is 0 Å². The lowest BCUT2D eigenvalue weighted by Gasteiger charge is -2.23. The second-order valence-electron chi connectivity index (χ2n) is 4.70. The number of anilines is 1. The molecule has 0 fully saturated rings. The van der Waals surface area contributed by atoms with E-state index in [1.807, 2.05) is 12.1 Å². The van der Waals surface area contributed by atoms with Gasteiger partial charge >= 0.3 is 5.97 Å². The number of amides is 1. The number of para-hydroxylation sites is 1. The van der Waals surface area contributed by atoms with E-state index in [1.54, 1.807) is 30.5 Å². The molecule has 0 spiro atoms. The number of hydrogen-bond donors (Lipinski definition) is 1. The number of carboxylic acids is 1. The zero-order chi connectivity index (χ0) is 15.0. The first-order chi connectivity index (χ1) is 10.1. The minimum absolute atomic E-state index is 0.315. The highest BCUT2D eigenvalue weighted by Gasteiger charge is 2.39. The SMILES string of the molecule is O=C(O)C1Cc2ccccc2N1C(=O)c1cccnc1Br. The number of fused-ring (bicyclic) bond motifs is 1. The van der Waals surface area contributed by atoms with Crippen LogP contribution in [0.5, 0.6) is 0 Å². The molecule has 1 unspecified atom stereocenters. The van der Waals surface area contributed by atoms with Crippen molar-refractivity contribution in [3.05, 3.63) is 58.3 Å². The maximum atomic E-state index is 12.7. The number of benzene rings is 1. The summed E-state index contributed by atoms with van der Waals surface area (Å²) in [6, 6.07) is 9.63. The Bertz CT molecular complexity index is 732. The van der Waals surface area contributed by atoms with E-state index in [-0.39, 0.29) is 5.91 Å². The number of carbonyl (C=O) groups excluding carboxylic acids is 1. The Morgan fingerprint density at radius 2 is 2.00 bits per heavy atom. The first-order valence-corrected chi connectivity index (χ1v) is 7.13. The van der Waals surface area contributed by atoms with Gasteiger partial charge in [0.05, 0.1) is 5.56 Å². The fourth-order valence-electron chi connectivity index (χ4n) is 2.51. The number of carboxylic acid groups (broad SMARTS) is 1. The predicted octanol–water partition coefficient (Wildman–Crippen LogP) is 2.50. The maximum Gasteiger partial charge on any atom is 0.327 e. The van der Waals surface area contributed by atoms with Gasteiger partial charge in [0.2, 0.25) is 0 Å². The lowest BCUT2D eigenvalue weighted by atomic mass is 10.1. The molecule has 6 heteroatoms. The van der Waals surface area contributed by atoms with Crippen LogP contribution >= 0.6 is 15.9 Å². The molecule has 1 amide bonds. The van der Waals surface area contributed by atoms with Crippen LogP contribution in [0, 0.1) is 0 Å². The summed E-state index contributed by atoms with van der Waals surface area (Å²) in [4.78, 5) is 29.6. The summed E-state index contributed by atoms with van der Waals surface area (Å²) in [7, 11) is 0. The Labute approximate surface area is 129 Å². The summed E-state index contributed by atoms with van der Waals surface area (Å²) >= 11 is 3.23. The molecular formula is C15H11BrN2O3. The van der Waals surface area contributed by atoms with Crippen LogP contribution in [0.3, 0.4) is 0 Å². The maximum absolute atomic E-state index is 12.7. The highest BCUT2D eigenvalue weighted by molar-refractivity contribution is 9.10. The van der Waals surface area contributed by atoms with Crippen LogP contribution < -0.4 is 4.90 Å². The normalized spacial score (nSPS) is 16.6. The lowest BCUT2D eigenvalue weighted by Crippen LogP contribution is -2.43. The third-order valence-corrected chi connectivity index (χ3v) is 4.10. The molecule has 0 bridgehead atoms. The summed E-state index contributed by atoms with van der Waals surface area (Å²) in [5.41, 5.74) is 1.85. The summed E-state index contributed by atoms with van der Waals surface area (Å²) in [5, 5.41) is 9.40. The van der Waals surface area contributed by atoms with Crippen molar-refractivity contribution >= 4 is 33.5 Å². The first-order valence-electron chi connectivity index (χ1n) is 6.34. The van der Waals surface area contributed by atoms with Crippen molar-refractivity contribution in [2.75, 3.05) is 4.90 Å². The smallest absolute Gasteiger partial charge is 0.327 e. The minimum atomic E-state index is -1.01. The second kappa shape index (κ2) is 5.29. The molecule has 0 radical (unpaired) electrons. The van der Waals surface area contributed by atoms with E-state index in [0.29, 0.717) is 22.3 Å². The van der Waals surface area contributed by atoms with E-state index in [9.17, 15) is 14.7 Å². The van der Waals surface area contributed by atoms with Gasteiger partial charge in [0.1, 0.15) is 10.6 Å². The van der Waals surface area contributed by atoms with Crippen molar-refractivity contribution in [2.45, 2.75) is 12.5 Å². The summed E-state index contributed by atoms with van der Waals surface area (Å²) < 4.78 is 0.406. The molecule has 21 heavy (non-hydrogen) atoms. The number of pyridine rings is 1. The first kappa shape index (κ1) is 13.8. The molecule has 1 aromatic carbocycles. The van der Waals surface area contributed by atoms with Crippen molar-refractivity contribution in [3.63, 3.8) is 0 Å². The number of carbonyl (C=O) groups is 2. The van der Waals surface area contributed by atoms with Crippen molar-refractivity contribution in [1.29, 1.82) is 0 Å². The zero-order valence-corrected chi connectivity index (χ0v) is 12.4. The molecule has 1 aliphatic rings. The molecule has 1 aromatic heterocycles. The fourth-order valence-corrected chi connectivity index (χ4v) is 2.93. The van der Waals surface area contributed by atoms with E-state index < -0.39 is 12.0 Å². The molecule has 1 atom stereocenters. The van der Waals surface area contributed by atoms with Gasteiger partial charge in [0, 0.05) is 18.3 Å². The highest BCUT2D eigenvalue weighted by atomic mass is 79.9. The van der Waals surface area contributed by atoms with Crippen molar-refractivity contribution in [2.24, 2.45) is 0 Å². The minimum Gasteiger partial charge on any atom is -0.480 e. The van der Waals surface area contributed by atoms with Gasteiger partial charge in [0.15, 0.2) is 0 Å². The van der Waals surface area contributed by atoms with Crippen LogP contribution in [0.4, 0.5) is 5.69 Å². The number of halogens is 1. The molecule has 0 aliphatic carbocycles. The standard InChI is InChI=1S/C15H11BrN2O3/c16-13-10(5-3-7-17-13)14(19)18-11-6-2-1-4-9(11)8-12(18)15(20)21/h1-7,12H,8H2,(H,20,21). The highest BCUT2D eigenvalue weighted by Crippen LogP contribution is 2.34. The number of rotatable bonds is 2. The summed E-state index contributed by atoms with van der Waals surface area (Å²) in [5.74, 6) is -1.38. The Hall–Kier alpha value is -2.21. The van der Waals surface area contributed by atoms with E-state index in [0.717, 1.165) is 5.56 Å². The molecule has 2 aromatic rings. The van der Waals surface area contributed by atoms with E-state index in [2.05, 4.69) is 20.9 Å². The predicted molar refractivity (Wildman–Crippen MR) is 80.3 cm³/mol. The Morgan fingerprint density at radius 1 is 1.24 bits per heavy atom. The second-order valence-corrected chi connectivity index (χ2v) is 5.45. The Morgan fingerprint density at radius 3 is 2.71 bits per heavy atom. The molecule has 106 valence electrons. The van der Waals surface area contributed by atoms with Gasteiger partial charge in [-0.2, -0.15) is 0 Å². The van der Waals surface area contributed by atoms with Crippen LogP contribution in [-0.2, 0) is 11.2 Å². The summed E-state index contributed by atoms with van der Waals surface area (Å²) in [6.07, 6.45) is 1.88. The van der Waals surface area contributed by atoms with E-state index in [1.165, 1.54) is 4.90 Å². The Kier molecular flexibility index (Phi) is 3.47. The van der Waals surface area contributed by atoms with Gasteiger partial charge in [-0.3, -0.25) is 9.69 Å². The van der Waals surface area contributed by atoms with Crippen LogP contribution in [0.2, 0.25) is 0 Å².